The van der Waals surface area contributed by atoms with E-state index in [9.17, 15) is 0 Å². The first-order chi connectivity index (χ1) is 7.93. The average molecular weight is 220 g/mol. The van der Waals surface area contributed by atoms with Gasteiger partial charge in [-0.1, -0.05) is 0 Å². The van der Waals surface area contributed by atoms with Crippen LogP contribution in [0.15, 0.2) is 16.7 Å². The highest BCUT2D eigenvalue weighted by Gasteiger charge is 2.25. The van der Waals surface area contributed by atoms with Gasteiger partial charge in [0, 0.05) is 24.1 Å². The van der Waals surface area contributed by atoms with E-state index in [1.54, 1.807) is 0 Å². The van der Waals surface area contributed by atoms with Gasteiger partial charge in [0.25, 0.3) is 0 Å². The van der Waals surface area contributed by atoms with Crippen molar-refractivity contribution in [1.82, 2.24) is 10.6 Å². The molecule has 88 valence electrons. The van der Waals surface area contributed by atoms with E-state index < -0.39 is 0 Å². The lowest BCUT2D eigenvalue weighted by Gasteiger charge is -2.30. The van der Waals surface area contributed by atoms with Gasteiger partial charge in [-0.15, -0.1) is 0 Å². The molecule has 1 saturated heterocycles. The molecule has 0 amide bonds. The van der Waals surface area contributed by atoms with Crippen molar-refractivity contribution in [2.75, 3.05) is 13.1 Å². The zero-order valence-corrected chi connectivity index (χ0v) is 9.67. The summed E-state index contributed by atoms with van der Waals surface area (Å²) in [5.74, 6) is 1.21. The highest BCUT2D eigenvalue weighted by molar-refractivity contribution is 5.24. The molecule has 0 spiro atoms. The Kier molecular flexibility index (Phi) is 2.98. The van der Waals surface area contributed by atoms with Gasteiger partial charge in [0.05, 0.1) is 6.26 Å². The molecule has 2 N–H and O–H groups in total. The highest BCUT2D eigenvalue weighted by atomic mass is 16.3. The molecule has 0 saturated carbocycles. The zero-order chi connectivity index (χ0) is 10.8. The Morgan fingerprint density at radius 1 is 1.25 bits per heavy atom. The fraction of sp³-hybridized carbons (Fsp3) is 0.692. The molecule has 1 aliphatic heterocycles. The number of furan rings is 1. The minimum Gasteiger partial charge on any atom is -0.469 e. The summed E-state index contributed by atoms with van der Waals surface area (Å²) in [5.41, 5.74) is 1.41. The second-order valence-electron chi connectivity index (χ2n) is 4.93. The minimum absolute atomic E-state index is 0.533. The van der Waals surface area contributed by atoms with Crippen LogP contribution in [0.25, 0.3) is 0 Å². The summed E-state index contributed by atoms with van der Waals surface area (Å²) in [4.78, 5) is 0. The molecule has 1 aliphatic carbocycles. The number of piperidine rings is 1. The van der Waals surface area contributed by atoms with Crippen molar-refractivity contribution < 1.29 is 4.42 Å². The predicted molar refractivity (Wildman–Crippen MR) is 63.4 cm³/mol. The van der Waals surface area contributed by atoms with E-state index in [0.29, 0.717) is 12.1 Å². The second-order valence-corrected chi connectivity index (χ2v) is 4.93. The molecule has 3 rings (SSSR count). The summed E-state index contributed by atoms with van der Waals surface area (Å²) in [6, 6.07) is 3.37. The normalized spacial score (nSPS) is 26.6. The molecule has 0 aromatic carbocycles. The third-order valence-electron chi connectivity index (χ3n) is 3.83. The average Bonchev–Trinajstić information content (AvgIpc) is 2.80. The lowest BCUT2D eigenvalue weighted by molar-refractivity contribution is 0.322. The van der Waals surface area contributed by atoms with Crippen LogP contribution >= 0.6 is 0 Å². The van der Waals surface area contributed by atoms with Gasteiger partial charge in [0.2, 0.25) is 0 Å². The van der Waals surface area contributed by atoms with Crippen LogP contribution in [0.4, 0.5) is 0 Å². The van der Waals surface area contributed by atoms with E-state index >= 15 is 0 Å². The Morgan fingerprint density at radius 3 is 3.00 bits per heavy atom. The minimum atomic E-state index is 0.533. The van der Waals surface area contributed by atoms with E-state index in [4.69, 9.17) is 4.42 Å². The van der Waals surface area contributed by atoms with E-state index in [1.165, 1.54) is 37.0 Å². The first-order valence-corrected chi connectivity index (χ1v) is 6.46. The number of nitrogens with one attached hydrogen (secondary N) is 2. The molecular formula is C13H20N2O. The molecule has 1 aromatic rings. The Balaban J connectivity index is 1.67. The molecule has 0 radical (unpaired) electrons. The van der Waals surface area contributed by atoms with Gasteiger partial charge in [-0.3, -0.25) is 0 Å². The van der Waals surface area contributed by atoms with Crippen LogP contribution in [0.1, 0.15) is 43.0 Å². The van der Waals surface area contributed by atoms with Crippen LogP contribution in [0.3, 0.4) is 0 Å². The quantitative estimate of drug-likeness (QED) is 0.800. The van der Waals surface area contributed by atoms with E-state index in [-0.39, 0.29) is 0 Å². The standard InChI is InChI=1S/C13H20N2O/c1-2-12(11-6-9-16-13(11)3-1)15-10-4-7-14-8-5-10/h6,9-10,12,14-15H,1-5,7-8H2. The summed E-state index contributed by atoms with van der Waals surface area (Å²) in [5, 5.41) is 7.21. The zero-order valence-electron chi connectivity index (χ0n) is 9.67. The Morgan fingerprint density at radius 2 is 2.12 bits per heavy atom. The van der Waals surface area contributed by atoms with Gasteiger partial charge in [-0.05, 0) is 44.8 Å². The van der Waals surface area contributed by atoms with Gasteiger partial charge >= 0.3 is 0 Å². The van der Waals surface area contributed by atoms with Gasteiger partial charge < -0.3 is 15.1 Å². The topological polar surface area (TPSA) is 37.2 Å². The van der Waals surface area contributed by atoms with Gasteiger partial charge in [0.1, 0.15) is 5.76 Å². The number of hydrogen-bond acceptors (Lipinski definition) is 3. The maximum absolute atomic E-state index is 5.52. The van der Waals surface area contributed by atoms with Crippen molar-refractivity contribution in [3.05, 3.63) is 23.7 Å². The summed E-state index contributed by atoms with van der Waals surface area (Å²) in [6.45, 7) is 2.31. The molecule has 2 aliphatic rings. The molecule has 16 heavy (non-hydrogen) atoms. The van der Waals surface area contributed by atoms with Crippen molar-refractivity contribution in [3.8, 4) is 0 Å². The number of aryl methyl sites for hydroxylation is 1. The first-order valence-electron chi connectivity index (χ1n) is 6.46. The van der Waals surface area contributed by atoms with E-state index in [2.05, 4.69) is 16.7 Å². The van der Waals surface area contributed by atoms with Crippen LogP contribution in [-0.2, 0) is 6.42 Å². The number of fused-ring (bicyclic) bond motifs is 1. The third kappa shape index (κ3) is 2.02. The van der Waals surface area contributed by atoms with Gasteiger partial charge in [0.15, 0.2) is 0 Å². The number of hydrogen-bond donors (Lipinski definition) is 2. The summed E-state index contributed by atoms with van der Waals surface area (Å²) >= 11 is 0. The molecule has 0 bridgehead atoms. The smallest absolute Gasteiger partial charge is 0.108 e. The third-order valence-corrected chi connectivity index (χ3v) is 3.83. The fourth-order valence-corrected chi connectivity index (χ4v) is 2.93. The summed E-state index contributed by atoms with van der Waals surface area (Å²) in [6.07, 6.45) is 7.98. The molecule has 3 nitrogen and oxygen atoms in total. The van der Waals surface area contributed by atoms with Gasteiger partial charge in [-0.2, -0.15) is 0 Å². The molecule has 1 unspecified atom stereocenters. The maximum Gasteiger partial charge on any atom is 0.108 e. The van der Waals surface area contributed by atoms with Crippen molar-refractivity contribution in [1.29, 1.82) is 0 Å². The van der Waals surface area contributed by atoms with Gasteiger partial charge in [-0.25, -0.2) is 0 Å². The molecule has 2 heterocycles. The second kappa shape index (κ2) is 4.60. The highest BCUT2D eigenvalue weighted by Crippen LogP contribution is 2.31. The predicted octanol–water partition coefficient (Wildman–Crippen LogP) is 2.00. The first kappa shape index (κ1) is 10.4. The molecule has 3 heteroatoms. The maximum atomic E-state index is 5.52. The van der Waals surface area contributed by atoms with Crippen LogP contribution in [0, 0.1) is 0 Å². The SMILES string of the molecule is c1cc2c(o1)CCCC2NC1CCNCC1. The van der Waals surface area contributed by atoms with Crippen LogP contribution in [0.2, 0.25) is 0 Å². The Bertz CT molecular complexity index is 341. The molecule has 1 fully saturated rings. The lowest BCUT2D eigenvalue weighted by atomic mass is 9.92. The van der Waals surface area contributed by atoms with Crippen molar-refractivity contribution in [2.24, 2.45) is 0 Å². The molecular weight excluding hydrogens is 200 g/mol. The fourth-order valence-electron chi connectivity index (χ4n) is 2.93. The van der Waals surface area contributed by atoms with Crippen LogP contribution in [-0.4, -0.2) is 19.1 Å². The van der Waals surface area contributed by atoms with E-state index in [0.717, 1.165) is 19.5 Å². The Labute approximate surface area is 96.6 Å². The van der Waals surface area contributed by atoms with Crippen molar-refractivity contribution in [2.45, 2.75) is 44.2 Å². The van der Waals surface area contributed by atoms with E-state index in [1.807, 2.05) is 6.26 Å². The largest absolute Gasteiger partial charge is 0.469 e. The van der Waals surface area contributed by atoms with Crippen molar-refractivity contribution in [3.63, 3.8) is 0 Å². The molecule has 1 atom stereocenters. The van der Waals surface area contributed by atoms with Crippen LogP contribution in [0.5, 0.6) is 0 Å². The summed E-state index contributed by atoms with van der Waals surface area (Å²) in [7, 11) is 0. The van der Waals surface area contributed by atoms with Crippen LogP contribution < -0.4 is 10.6 Å². The molecule has 1 aromatic heterocycles. The summed E-state index contributed by atoms with van der Waals surface area (Å²) < 4.78 is 5.52. The van der Waals surface area contributed by atoms with Crippen molar-refractivity contribution >= 4 is 0 Å². The Hall–Kier alpha value is -0.800. The number of rotatable bonds is 2. The monoisotopic (exact) mass is 220 g/mol. The lowest BCUT2D eigenvalue weighted by Crippen LogP contribution is -2.42.